The maximum Gasteiger partial charge on any atom is 0.247 e. The van der Waals surface area contributed by atoms with E-state index in [2.05, 4.69) is 13.8 Å². The third kappa shape index (κ3) is 4.14. The fourth-order valence-corrected chi connectivity index (χ4v) is 5.20. The zero-order valence-corrected chi connectivity index (χ0v) is 18.7. The molecular formula is C23H29N3O3S. The van der Waals surface area contributed by atoms with Crippen molar-refractivity contribution in [1.82, 2.24) is 14.7 Å². The molecule has 1 saturated heterocycles. The number of rotatable bonds is 6. The number of methoxy groups -OCH3 is 1. The Kier molecular flexibility index (Phi) is 5.93. The molecule has 1 atom stereocenters. The van der Waals surface area contributed by atoms with Crippen LogP contribution in [-0.4, -0.2) is 46.6 Å². The quantitative estimate of drug-likeness (QED) is 0.651. The molecule has 6 nitrogen and oxygen atoms in total. The molecule has 1 aliphatic heterocycles. The number of likely N-dealkylation sites (tertiary alicyclic amines) is 1. The number of carbonyl (C=O) groups excluding carboxylic acids is 2. The number of amides is 1. The summed E-state index contributed by atoms with van der Waals surface area (Å²) < 4.78 is 7.20. The summed E-state index contributed by atoms with van der Waals surface area (Å²) in [4.78, 5) is 29.0. The Bertz CT molecular complexity index is 959. The van der Waals surface area contributed by atoms with Crippen molar-refractivity contribution in [3.63, 3.8) is 0 Å². The highest BCUT2D eigenvalue weighted by atomic mass is 32.1. The molecule has 7 heteroatoms. The molecule has 0 saturated carbocycles. The van der Waals surface area contributed by atoms with Crippen LogP contribution in [0.15, 0.2) is 23.6 Å². The summed E-state index contributed by atoms with van der Waals surface area (Å²) in [6, 6.07) is 3.82. The number of Topliss-reactive ketones (excluding diaryl/α,β-unsaturated/α-hetero) is 1. The standard InChI is InChI=1S/C23H29N3O3S/c1-23(2)14-18-21(19(27)15-23)22(24-26(18)11-12-29-3)17-7-4-10-25(17)20(28)9-8-16-6-5-13-30-16/h5-6,8-9,13,17H,4,7,10-12,14-15H2,1-3H3/b9-8+/t17-/m1/s1. The van der Waals surface area contributed by atoms with Crippen molar-refractivity contribution in [2.45, 2.75) is 52.1 Å². The van der Waals surface area contributed by atoms with Gasteiger partial charge in [0.15, 0.2) is 5.78 Å². The number of thiophene rings is 1. The van der Waals surface area contributed by atoms with E-state index in [9.17, 15) is 9.59 Å². The lowest BCUT2D eigenvalue weighted by atomic mass is 9.75. The molecule has 1 aliphatic carbocycles. The van der Waals surface area contributed by atoms with Gasteiger partial charge in [0, 0.05) is 31.0 Å². The lowest BCUT2D eigenvalue weighted by molar-refractivity contribution is -0.126. The summed E-state index contributed by atoms with van der Waals surface area (Å²) in [7, 11) is 1.67. The molecule has 1 fully saturated rings. The first-order valence-corrected chi connectivity index (χ1v) is 11.4. The van der Waals surface area contributed by atoms with Gasteiger partial charge in [-0.1, -0.05) is 19.9 Å². The van der Waals surface area contributed by atoms with Gasteiger partial charge in [-0.25, -0.2) is 0 Å². The summed E-state index contributed by atoms with van der Waals surface area (Å²) in [5, 5.41) is 6.86. The molecule has 4 rings (SSSR count). The van der Waals surface area contributed by atoms with Crippen LogP contribution >= 0.6 is 11.3 Å². The molecule has 2 aromatic heterocycles. The van der Waals surface area contributed by atoms with Gasteiger partial charge in [-0.05, 0) is 42.2 Å². The van der Waals surface area contributed by atoms with Gasteiger partial charge in [-0.2, -0.15) is 5.10 Å². The molecule has 0 unspecified atom stereocenters. The van der Waals surface area contributed by atoms with Crippen molar-refractivity contribution >= 4 is 29.1 Å². The molecule has 1 amide bonds. The number of ether oxygens (including phenoxy) is 1. The van der Waals surface area contributed by atoms with Crippen molar-refractivity contribution in [1.29, 1.82) is 0 Å². The summed E-state index contributed by atoms with van der Waals surface area (Å²) in [6.45, 7) is 6.10. The van der Waals surface area contributed by atoms with Gasteiger partial charge in [0.25, 0.3) is 0 Å². The molecule has 2 aliphatic rings. The largest absolute Gasteiger partial charge is 0.383 e. The average Bonchev–Trinajstić information content (AvgIpc) is 3.43. The molecule has 0 radical (unpaired) electrons. The van der Waals surface area contributed by atoms with Gasteiger partial charge in [0.1, 0.15) is 0 Å². The van der Waals surface area contributed by atoms with E-state index in [4.69, 9.17) is 9.84 Å². The second-order valence-corrected chi connectivity index (χ2v) is 9.88. The highest BCUT2D eigenvalue weighted by Gasteiger charge is 2.41. The second kappa shape index (κ2) is 8.47. The van der Waals surface area contributed by atoms with Gasteiger partial charge in [-0.15, -0.1) is 11.3 Å². The molecule has 3 heterocycles. The molecule has 2 aromatic rings. The number of aromatic nitrogens is 2. The van der Waals surface area contributed by atoms with Crippen LogP contribution in [0.4, 0.5) is 0 Å². The van der Waals surface area contributed by atoms with Gasteiger partial charge in [-0.3, -0.25) is 14.3 Å². The van der Waals surface area contributed by atoms with E-state index in [-0.39, 0.29) is 23.1 Å². The molecular weight excluding hydrogens is 398 g/mol. The Balaban J connectivity index is 1.66. The van der Waals surface area contributed by atoms with Gasteiger partial charge >= 0.3 is 0 Å². The summed E-state index contributed by atoms with van der Waals surface area (Å²) in [6.07, 6.45) is 6.59. The Hall–Kier alpha value is -2.25. The first-order valence-electron chi connectivity index (χ1n) is 10.5. The summed E-state index contributed by atoms with van der Waals surface area (Å²) in [5.74, 6) is 0.128. The first kappa shape index (κ1) is 21.0. The number of hydrogen-bond acceptors (Lipinski definition) is 5. The molecule has 160 valence electrons. The highest BCUT2D eigenvalue weighted by Crippen LogP contribution is 2.41. The van der Waals surface area contributed by atoms with E-state index in [1.165, 1.54) is 0 Å². The average molecular weight is 428 g/mol. The van der Waals surface area contributed by atoms with Crippen molar-refractivity contribution in [2.75, 3.05) is 20.3 Å². The predicted octanol–water partition coefficient (Wildman–Crippen LogP) is 4.12. The van der Waals surface area contributed by atoms with E-state index < -0.39 is 0 Å². The van der Waals surface area contributed by atoms with Crippen LogP contribution in [-0.2, 0) is 22.5 Å². The van der Waals surface area contributed by atoms with Crippen LogP contribution in [0.1, 0.15) is 65.8 Å². The molecule has 30 heavy (non-hydrogen) atoms. The van der Waals surface area contributed by atoms with Crippen LogP contribution in [0.25, 0.3) is 6.08 Å². The van der Waals surface area contributed by atoms with Crippen molar-refractivity contribution in [2.24, 2.45) is 5.41 Å². The zero-order chi connectivity index (χ0) is 21.3. The van der Waals surface area contributed by atoms with E-state index >= 15 is 0 Å². The molecule has 0 N–H and O–H groups in total. The second-order valence-electron chi connectivity index (χ2n) is 8.90. The zero-order valence-electron chi connectivity index (χ0n) is 17.9. The third-order valence-electron chi connectivity index (χ3n) is 5.94. The third-order valence-corrected chi connectivity index (χ3v) is 6.78. The fourth-order valence-electron chi connectivity index (χ4n) is 4.59. The normalized spacial score (nSPS) is 20.8. The Morgan fingerprint density at radius 3 is 2.97 bits per heavy atom. The van der Waals surface area contributed by atoms with Crippen LogP contribution in [0, 0.1) is 5.41 Å². The van der Waals surface area contributed by atoms with Crippen molar-refractivity contribution in [3.8, 4) is 0 Å². The Morgan fingerprint density at radius 2 is 2.23 bits per heavy atom. The first-order chi connectivity index (χ1) is 14.4. The predicted molar refractivity (Wildman–Crippen MR) is 118 cm³/mol. The number of carbonyl (C=O) groups is 2. The number of fused-ring (bicyclic) bond motifs is 1. The smallest absolute Gasteiger partial charge is 0.247 e. The minimum absolute atomic E-state index is 0.0188. The monoisotopic (exact) mass is 427 g/mol. The highest BCUT2D eigenvalue weighted by molar-refractivity contribution is 7.10. The number of hydrogen-bond donors (Lipinski definition) is 0. The molecule has 0 bridgehead atoms. The van der Waals surface area contributed by atoms with Crippen molar-refractivity contribution in [3.05, 3.63) is 45.4 Å². The maximum absolute atomic E-state index is 13.1. The van der Waals surface area contributed by atoms with Crippen LogP contribution in [0.3, 0.4) is 0 Å². The van der Waals surface area contributed by atoms with Crippen LogP contribution < -0.4 is 0 Å². The van der Waals surface area contributed by atoms with Gasteiger partial charge in [0.2, 0.25) is 5.91 Å². The number of nitrogens with zero attached hydrogens (tertiary/aromatic N) is 3. The van der Waals surface area contributed by atoms with E-state index in [1.54, 1.807) is 24.5 Å². The van der Waals surface area contributed by atoms with E-state index in [0.29, 0.717) is 26.1 Å². The summed E-state index contributed by atoms with van der Waals surface area (Å²) >= 11 is 1.60. The summed E-state index contributed by atoms with van der Waals surface area (Å²) in [5.41, 5.74) is 2.44. The Labute approximate surface area is 181 Å². The van der Waals surface area contributed by atoms with Crippen molar-refractivity contribution < 1.29 is 14.3 Å². The molecule has 0 aromatic carbocycles. The van der Waals surface area contributed by atoms with Crippen LogP contribution in [0.5, 0.6) is 0 Å². The number of ketones is 1. The fraction of sp³-hybridized carbons (Fsp3) is 0.522. The lowest BCUT2D eigenvalue weighted by Gasteiger charge is -2.30. The van der Waals surface area contributed by atoms with Gasteiger partial charge < -0.3 is 9.64 Å². The lowest BCUT2D eigenvalue weighted by Crippen LogP contribution is -2.32. The van der Waals surface area contributed by atoms with Crippen LogP contribution in [0.2, 0.25) is 0 Å². The minimum Gasteiger partial charge on any atom is -0.383 e. The maximum atomic E-state index is 13.1. The van der Waals surface area contributed by atoms with E-state index in [0.717, 1.165) is 41.1 Å². The van der Waals surface area contributed by atoms with E-state index in [1.807, 2.05) is 33.2 Å². The SMILES string of the molecule is COCCn1nc([C@H]2CCCN2C(=O)/C=C/c2cccs2)c2c1CC(C)(C)CC2=O. The Morgan fingerprint density at radius 1 is 1.40 bits per heavy atom. The van der Waals surface area contributed by atoms with Gasteiger partial charge in [0.05, 0.1) is 36.1 Å². The minimum atomic E-state index is -0.145. The topological polar surface area (TPSA) is 64.4 Å². The molecule has 0 spiro atoms.